The van der Waals surface area contributed by atoms with Crippen molar-refractivity contribution in [1.82, 2.24) is 0 Å². The molecular weight excluding hydrogens is 198 g/mol. The Morgan fingerprint density at radius 2 is 2.00 bits per heavy atom. The van der Waals surface area contributed by atoms with E-state index in [0.29, 0.717) is 11.6 Å². The van der Waals surface area contributed by atoms with Crippen LogP contribution in [0.5, 0.6) is 5.75 Å². The van der Waals surface area contributed by atoms with Crippen molar-refractivity contribution >= 4 is 11.6 Å². The molecular formula is C11H16ClNO. The zero-order valence-corrected chi connectivity index (χ0v) is 9.56. The van der Waals surface area contributed by atoms with E-state index in [1.807, 2.05) is 39.0 Å². The van der Waals surface area contributed by atoms with Gasteiger partial charge >= 0.3 is 0 Å². The van der Waals surface area contributed by atoms with Crippen molar-refractivity contribution in [1.29, 1.82) is 0 Å². The first kappa shape index (κ1) is 11.3. The van der Waals surface area contributed by atoms with E-state index < -0.39 is 0 Å². The van der Waals surface area contributed by atoms with Gasteiger partial charge in [-0.25, -0.2) is 0 Å². The maximum Gasteiger partial charge on any atom is 0.124 e. The van der Waals surface area contributed by atoms with Crippen molar-refractivity contribution in [2.45, 2.75) is 32.9 Å². The van der Waals surface area contributed by atoms with Crippen LogP contribution in [0, 0.1) is 0 Å². The van der Waals surface area contributed by atoms with Gasteiger partial charge in [-0.1, -0.05) is 11.6 Å². The fraction of sp³-hybridized carbons (Fsp3) is 0.455. The number of nitrogens with two attached hydrogens (primary N) is 1. The molecule has 0 atom stereocenters. The van der Waals surface area contributed by atoms with Crippen LogP contribution in [0.2, 0.25) is 5.02 Å². The van der Waals surface area contributed by atoms with Crippen molar-refractivity contribution in [2.75, 3.05) is 0 Å². The molecule has 14 heavy (non-hydrogen) atoms. The van der Waals surface area contributed by atoms with E-state index in [0.717, 1.165) is 11.3 Å². The summed E-state index contributed by atoms with van der Waals surface area (Å²) < 4.78 is 5.74. The molecule has 0 radical (unpaired) electrons. The smallest absolute Gasteiger partial charge is 0.124 e. The molecule has 0 aromatic heterocycles. The first-order chi connectivity index (χ1) is 6.42. The van der Waals surface area contributed by atoms with E-state index in [9.17, 15) is 0 Å². The molecule has 0 saturated carbocycles. The molecule has 1 aromatic carbocycles. The number of ether oxygens (including phenoxy) is 1. The summed E-state index contributed by atoms with van der Waals surface area (Å²) in [4.78, 5) is 0. The normalized spacial score (nSPS) is 11.5. The summed E-state index contributed by atoms with van der Waals surface area (Å²) in [6.45, 7) is 6.44. The van der Waals surface area contributed by atoms with Crippen molar-refractivity contribution in [2.24, 2.45) is 5.73 Å². The fourth-order valence-electron chi connectivity index (χ4n) is 1.14. The fourth-order valence-corrected chi connectivity index (χ4v) is 1.33. The number of rotatable bonds is 2. The predicted octanol–water partition coefficient (Wildman–Crippen LogP) is 2.98. The van der Waals surface area contributed by atoms with Gasteiger partial charge in [0, 0.05) is 17.1 Å². The SMILES string of the molecule is CC(C)(C)Oc1ccc(Cl)cc1CN. The minimum Gasteiger partial charge on any atom is -0.488 e. The third kappa shape index (κ3) is 3.20. The average molecular weight is 214 g/mol. The van der Waals surface area contributed by atoms with E-state index in [1.54, 1.807) is 0 Å². The molecule has 3 heteroatoms. The Labute approximate surface area is 90.0 Å². The second-order valence-corrected chi connectivity index (χ2v) is 4.61. The molecule has 2 N–H and O–H groups in total. The van der Waals surface area contributed by atoms with Gasteiger partial charge in [-0.15, -0.1) is 0 Å². The summed E-state index contributed by atoms with van der Waals surface area (Å²) in [5, 5.41) is 0.687. The van der Waals surface area contributed by atoms with Crippen molar-refractivity contribution in [3.05, 3.63) is 28.8 Å². The quantitative estimate of drug-likeness (QED) is 0.820. The van der Waals surface area contributed by atoms with E-state index in [4.69, 9.17) is 22.1 Å². The van der Waals surface area contributed by atoms with Gasteiger partial charge in [0.05, 0.1) is 0 Å². The third-order valence-electron chi connectivity index (χ3n) is 1.66. The van der Waals surface area contributed by atoms with Gasteiger partial charge in [0.2, 0.25) is 0 Å². The van der Waals surface area contributed by atoms with Gasteiger partial charge in [0.15, 0.2) is 0 Å². The molecule has 0 amide bonds. The third-order valence-corrected chi connectivity index (χ3v) is 1.89. The Morgan fingerprint density at radius 1 is 1.36 bits per heavy atom. The second kappa shape index (κ2) is 4.20. The Kier molecular flexibility index (Phi) is 3.40. The molecule has 0 aliphatic heterocycles. The molecule has 2 nitrogen and oxygen atoms in total. The van der Waals surface area contributed by atoms with Crippen molar-refractivity contribution in [3.63, 3.8) is 0 Å². The maximum absolute atomic E-state index is 5.86. The van der Waals surface area contributed by atoms with Crippen LogP contribution in [0.25, 0.3) is 0 Å². The lowest BCUT2D eigenvalue weighted by Gasteiger charge is -2.23. The van der Waals surface area contributed by atoms with Crippen LogP contribution in [0.15, 0.2) is 18.2 Å². The molecule has 0 heterocycles. The van der Waals surface area contributed by atoms with Crippen LogP contribution in [0.3, 0.4) is 0 Å². The largest absolute Gasteiger partial charge is 0.488 e. The Balaban J connectivity index is 2.97. The molecule has 0 fully saturated rings. The van der Waals surface area contributed by atoms with Crippen molar-refractivity contribution in [3.8, 4) is 5.75 Å². The Bertz CT molecular complexity index is 318. The summed E-state index contributed by atoms with van der Waals surface area (Å²) in [6, 6.07) is 5.50. The minimum absolute atomic E-state index is 0.211. The lowest BCUT2D eigenvalue weighted by molar-refractivity contribution is 0.129. The molecule has 0 spiro atoms. The lowest BCUT2D eigenvalue weighted by atomic mass is 10.1. The molecule has 1 aromatic rings. The predicted molar refractivity (Wildman–Crippen MR) is 59.7 cm³/mol. The van der Waals surface area contributed by atoms with E-state index >= 15 is 0 Å². The van der Waals surface area contributed by atoms with Crippen LogP contribution in [-0.4, -0.2) is 5.60 Å². The Morgan fingerprint density at radius 3 is 2.50 bits per heavy atom. The molecule has 1 rings (SSSR count). The Hall–Kier alpha value is -0.730. The first-order valence-electron chi connectivity index (χ1n) is 4.60. The minimum atomic E-state index is -0.211. The molecule has 0 aliphatic rings. The average Bonchev–Trinajstić information content (AvgIpc) is 2.06. The van der Waals surface area contributed by atoms with Gasteiger partial charge in [0.25, 0.3) is 0 Å². The number of benzene rings is 1. The summed E-state index contributed by atoms with van der Waals surface area (Å²) in [5.74, 6) is 0.810. The van der Waals surface area contributed by atoms with Gasteiger partial charge in [-0.05, 0) is 39.0 Å². The summed E-state index contributed by atoms with van der Waals surface area (Å²) in [6.07, 6.45) is 0. The van der Waals surface area contributed by atoms with E-state index in [2.05, 4.69) is 0 Å². The molecule has 0 aliphatic carbocycles. The van der Waals surface area contributed by atoms with Crippen LogP contribution < -0.4 is 10.5 Å². The standard InChI is InChI=1S/C11H16ClNO/c1-11(2,3)14-10-5-4-9(12)6-8(10)7-13/h4-6H,7,13H2,1-3H3. The van der Waals surface area contributed by atoms with Gasteiger partial charge in [-0.3, -0.25) is 0 Å². The van der Waals surface area contributed by atoms with E-state index in [-0.39, 0.29) is 5.60 Å². The van der Waals surface area contributed by atoms with Crippen LogP contribution in [0.4, 0.5) is 0 Å². The molecule has 0 bridgehead atoms. The summed E-state index contributed by atoms with van der Waals surface area (Å²) in [5.41, 5.74) is 6.33. The molecule has 0 saturated heterocycles. The summed E-state index contributed by atoms with van der Waals surface area (Å²) in [7, 11) is 0. The lowest BCUT2D eigenvalue weighted by Crippen LogP contribution is -2.23. The topological polar surface area (TPSA) is 35.2 Å². The number of halogens is 1. The number of hydrogen-bond donors (Lipinski definition) is 1. The van der Waals surface area contributed by atoms with Crippen molar-refractivity contribution < 1.29 is 4.74 Å². The number of hydrogen-bond acceptors (Lipinski definition) is 2. The summed E-state index contributed by atoms with van der Waals surface area (Å²) >= 11 is 5.86. The van der Waals surface area contributed by atoms with Gasteiger partial charge < -0.3 is 10.5 Å². The zero-order chi connectivity index (χ0) is 10.8. The highest BCUT2D eigenvalue weighted by Crippen LogP contribution is 2.25. The van der Waals surface area contributed by atoms with Crippen LogP contribution in [0.1, 0.15) is 26.3 Å². The maximum atomic E-state index is 5.86. The van der Waals surface area contributed by atoms with Gasteiger partial charge in [-0.2, -0.15) is 0 Å². The highest BCUT2D eigenvalue weighted by atomic mass is 35.5. The van der Waals surface area contributed by atoms with Gasteiger partial charge in [0.1, 0.15) is 11.4 Å². The highest BCUT2D eigenvalue weighted by Gasteiger charge is 2.14. The van der Waals surface area contributed by atoms with Crippen LogP contribution >= 0.6 is 11.6 Å². The molecule has 78 valence electrons. The second-order valence-electron chi connectivity index (χ2n) is 4.17. The van der Waals surface area contributed by atoms with E-state index in [1.165, 1.54) is 0 Å². The van der Waals surface area contributed by atoms with Crippen LogP contribution in [-0.2, 0) is 6.54 Å². The highest BCUT2D eigenvalue weighted by molar-refractivity contribution is 6.30. The zero-order valence-electron chi connectivity index (χ0n) is 8.80. The monoisotopic (exact) mass is 213 g/mol. The first-order valence-corrected chi connectivity index (χ1v) is 4.98. The molecule has 0 unspecified atom stereocenters.